The molecule has 0 spiro atoms. The van der Waals surface area contributed by atoms with Crippen molar-refractivity contribution in [2.45, 2.75) is 6.42 Å². The van der Waals surface area contributed by atoms with Gasteiger partial charge in [0.25, 0.3) is 0 Å². The zero-order chi connectivity index (χ0) is 12.8. The van der Waals surface area contributed by atoms with E-state index in [2.05, 4.69) is 16.4 Å². The van der Waals surface area contributed by atoms with Crippen molar-refractivity contribution in [1.82, 2.24) is 4.98 Å². The standard InChI is InChI=1S/C14H17N3O/c1-18-13-6-2-5-12(14(13)15)17-9-7-11-4-3-8-16-10-11/h2-6,8,10,17H,7,9,15H2,1H3. The van der Waals surface area contributed by atoms with Crippen molar-refractivity contribution >= 4 is 11.4 Å². The smallest absolute Gasteiger partial charge is 0.143 e. The van der Waals surface area contributed by atoms with Gasteiger partial charge < -0.3 is 15.8 Å². The Morgan fingerprint density at radius 2 is 2.17 bits per heavy atom. The lowest BCUT2D eigenvalue weighted by atomic mass is 10.2. The number of benzene rings is 1. The second kappa shape index (κ2) is 5.91. The highest BCUT2D eigenvalue weighted by Crippen LogP contribution is 2.28. The maximum atomic E-state index is 5.97. The Labute approximate surface area is 107 Å². The second-order valence-corrected chi connectivity index (χ2v) is 3.96. The molecule has 2 rings (SSSR count). The largest absolute Gasteiger partial charge is 0.495 e. The Kier molecular flexibility index (Phi) is 4.02. The van der Waals surface area contributed by atoms with Crippen molar-refractivity contribution in [2.75, 3.05) is 24.7 Å². The van der Waals surface area contributed by atoms with Crippen molar-refractivity contribution in [3.63, 3.8) is 0 Å². The van der Waals surface area contributed by atoms with Gasteiger partial charge in [0.2, 0.25) is 0 Å². The number of hydrogen-bond donors (Lipinski definition) is 2. The number of methoxy groups -OCH3 is 1. The number of hydrogen-bond acceptors (Lipinski definition) is 4. The Balaban J connectivity index is 1.95. The zero-order valence-corrected chi connectivity index (χ0v) is 10.4. The molecule has 94 valence electrons. The molecular formula is C14H17N3O. The van der Waals surface area contributed by atoms with Gasteiger partial charge in [-0.15, -0.1) is 0 Å². The Hall–Kier alpha value is -2.23. The molecule has 1 aromatic heterocycles. The van der Waals surface area contributed by atoms with E-state index in [1.165, 1.54) is 5.56 Å². The summed E-state index contributed by atoms with van der Waals surface area (Å²) >= 11 is 0. The third-order valence-corrected chi connectivity index (χ3v) is 2.74. The van der Waals surface area contributed by atoms with Crippen LogP contribution in [0.2, 0.25) is 0 Å². The lowest BCUT2D eigenvalue weighted by Crippen LogP contribution is -2.07. The first-order valence-electron chi connectivity index (χ1n) is 5.86. The van der Waals surface area contributed by atoms with Crippen molar-refractivity contribution < 1.29 is 4.74 Å². The summed E-state index contributed by atoms with van der Waals surface area (Å²) in [5.41, 5.74) is 8.72. The Morgan fingerprint density at radius 1 is 1.28 bits per heavy atom. The van der Waals surface area contributed by atoms with Crippen LogP contribution in [0.15, 0.2) is 42.7 Å². The fourth-order valence-electron chi connectivity index (χ4n) is 1.76. The lowest BCUT2D eigenvalue weighted by molar-refractivity contribution is 0.417. The lowest BCUT2D eigenvalue weighted by Gasteiger charge is -2.11. The highest BCUT2D eigenvalue weighted by molar-refractivity contribution is 5.72. The molecule has 18 heavy (non-hydrogen) atoms. The van der Waals surface area contributed by atoms with Gasteiger partial charge in [0.15, 0.2) is 0 Å². The minimum Gasteiger partial charge on any atom is -0.495 e. The Morgan fingerprint density at radius 3 is 2.89 bits per heavy atom. The molecular weight excluding hydrogens is 226 g/mol. The molecule has 0 bridgehead atoms. The first-order chi connectivity index (χ1) is 8.81. The number of ether oxygens (including phenoxy) is 1. The molecule has 0 saturated carbocycles. The van der Waals surface area contributed by atoms with Crippen molar-refractivity contribution in [2.24, 2.45) is 0 Å². The molecule has 4 nitrogen and oxygen atoms in total. The van der Waals surface area contributed by atoms with Crippen LogP contribution in [0.3, 0.4) is 0 Å². The first-order valence-corrected chi connectivity index (χ1v) is 5.86. The number of nitrogens with zero attached hydrogens (tertiary/aromatic N) is 1. The summed E-state index contributed by atoms with van der Waals surface area (Å²) < 4.78 is 5.18. The number of rotatable bonds is 5. The van der Waals surface area contributed by atoms with Gasteiger partial charge in [0.1, 0.15) is 5.75 Å². The molecule has 2 aromatic rings. The number of aromatic nitrogens is 1. The molecule has 4 heteroatoms. The van der Waals surface area contributed by atoms with Gasteiger partial charge in [-0.25, -0.2) is 0 Å². The minimum atomic E-state index is 0.645. The van der Waals surface area contributed by atoms with E-state index in [1.807, 2.05) is 30.5 Å². The summed E-state index contributed by atoms with van der Waals surface area (Å²) in [7, 11) is 1.62. The summed E-state index contributed by atoms with van der Waals surface area (Å²) in [5.74, 6) is 0.696. The summed E-state index contributed by atoms with van der Waals surface area (Å²) in [6.45, 7) is 0.809. The quantitative estimate of drug-likeness (QED) is 0.791. The van der Waals surface area contributed by atoms with E-state index in [4.69, 9.17) is 10.5 Å². The average molecular weight is 243 g/mol. The molecule has 0 aliphatic rings. The molecule has 0 saturated heterocycles. The van der Waals surface area contributed by atoms with Crippen LogP contribution in [0, 0.1) is 0 Å². The van der Waals surface area contributed by atoms with Crippen LogP contribution in [0.4, 0.5) is 11.4 Å². The fourth-order valence-corrected chi connectivity index (χ4v) is 1.76. The van der Waals surface area contributed by atoms with Gasteiger partial charge in [-0.05, 0) is 30.2 Å². The molecule has 0 fully saturated rings. The van der Waals surface area contributed by atoms with Gasteiger partial charge in [0.05, 0.1) is 18.5 Å². The summed E-state index contributed by atoms with van der Waals surface area (Å²) in [6.07, 6.45) is 4.55. The van der Waals surface area contributed by atoms with Gasteiger partial charge in [-0.1, -0.05) is 12.1 Å². The number of pyridine rings is 1. The van der Waals surface area contributed by atoms with E-state index in [0.29, 0.717) is 11.4 Å². The van der Waals surface area contributed by atoms with Crippen LogP contribution in [0.5, 0.6) is 5.75 Å². The highest BCUT2D eigenvalue weighted by atomic mass is 16.5. The number of nitrogen functional groups attached to an aromatic ring is 1. The number of anilines is 2. The topological polar surface area (TPSA) is 60.2 Å². The van der Waals surface area contributed by atoms with Gasteiger partial charge in [0, 0.05) is 18.9 Å². The van der Waals surface area contributed by atoms with Crippen LogP contribution in [0.1, 0.15) is 5.56 Å². The third kappa shape index (κ3) is 2.91. The van der Waals surface area contributed by atoms with E-state index in [1.54, 1.807) is 13.3 Å². The van der Waals surface area contributed by atoms with Crippen molar-refractivity contribution in [1.29, 1.82) is 0 Å². The fraction of sp³-hybridized carbons (Fsp3) is 0.214. The van der Waals surface area contributed by atoms with Crippen LogP contribution in [-0.4, -0.2) is 18.6 Å². The van der Waals surface area contributed by atoms with Crippen LogP contribution < -0.4 is 15.8 Å². The highest BCUT2D eigenvalue weighted by Gasteiger charge is 2.03. The maximum Gasteiger partial charge on any atom is 0.143 e. The Bertz CT molecular complexity index is 500. The van der Waals surface area contributed by atoms with E-state index in [-0.39, 0.29) is 0 Å². The van der Waals surface area contributed by atoms with E-state index in [0.717, 1.165) is 18.7 Å². The van der Waals surface area contributed by atoms with Crippen LogP contribution in [-0.2, 0) is 6.42 Å². The molecule has 1 heterocycles. The molecule has 0 aliphatic carbocycles. The van der Waals surface area contributed by atoms with Crippen LogP contribution in [0.25, 0.3) is 0 Å². The number of nitrogens with two attached hydrogens (primary N) is 1. The number of nitrogens with one attached hydrogen (secondary N) is 1. The van der Waals surface area contributed by atoms with Gasteiger partial charge in [-0.2, -0.15) is 0 Å². The molecule has 3 N–H and O–H groups in total. The van der Waals surface area contributed by atoms with E-state index >= 15 is 0 Å². The van der Waals surface area contributed by atoms with E-state index in [9.17, 15) is 0 Å². The summed E-state index contributed by atoms with van der Waals surface area (Å²) in [5, 5.41) is 3.30. The monoisotopic (exact) mass is 243 g/mol. The summed E-state index contributed by atoms with van der Waals surface area (Å²) in [4.78, 5) is 4.08. The van der Waals surface area contributed by atoms with Gasteiger partial charge >= 0.3 is 0 Å². The molecule has 0 radical (unpaired) electrons. The molecule has 0 aliphatic heterocycles. The molecule has 0 unspecified atom stereocenters. The predicted octanol–water partition coefficient (Wildman–Crippen LogP) is 2.33. The van der Waals surface area contributed by atoms with Crippen molar-refractivity contribution in [3.8, 4) is 5.75 Å². The third-order valence-electron chi connectivity index (χ3n) is 2.74. The van der Waals surface area contributed by atoms with Gasteiger partial charge in [-0.3, -0.25) is 4.98 Å². The van der Waals surface area contributed by atoms with Crippen LogP contribution >= 0.6 is 0 Å². The number of para-hydroxylation sites is 1. The second-order valence-electron chi connectivity index (χ2n) is 3.96. The summed E-state index contributed by atoms with van der Waals surface area (Å²) in [6, 6.07) is 9.71. The maximum absolute atomic E-state index is 5.97. The molecule has 0 amide bonds. The first kappa shape index (κ1) is 12.2. The molecule has 0 atom stereocenters. The molecule has 1 aromatic carbocycles. The van der Waals surface area contributed by atoms with E-state index < -0.39 is 0 Å². The zero-order valence-electron chi connectivity index (χ0n) is 10.4. The SMILES string of the molecule is COc1cccc(NCCc2cccnc2)c1N. The average Bonchev–Trinajstić information content (AvgIpc) is 2.42. The predicted molar refractivity (Wildman–Crippen MR) is 73.8 cm³/mol. The normalized spacial score (nSPS) is 10.1. The minimum absolute atomic E-state index is 0.645. The van der Waals surface area contributed by atoms with Crippen molar-refractivity contribution in [3.05, 3.63) is 48.3 Å².